The number of carbonyl (C=O) groups is 4. The topological polar surface area (TPSA) is 195 Å². The maximum absolute atomic E-state index is 14.1. The van der Waals surface area contributed by atoms with Gasteiger partial charge in [0.1, 0.15) is 47.0 Å². The number of unbranched alkanes of at least 4 members (excludes halogenated alkanes) is 3. The van der Waals surface area contributed by atoms with Crippen molar-refractivity contribution >= 4 is 51.2 Å². The zero-order valence-corrected chi connectivity index (χ0v) is 31.2. The van der Waals surface area contributed by atoms with Gasteiger partial charge in [0.2, 0.25) is 11.8 Å². The van der Waals surface area contributed by atoms with Crippen LogP contribution in [0.2, 0.25) is 0 Å². The summed E-state index contributed by atoms with van der Waals surface area (Å²) in [4.78, 5) is 63.9. The van der Waals surface area contributed by atoms with Gasteiger partial charge in [0.05, 0.1) is 24.9 Å². The second-order valence-electron chi connectivity index (χ2n) is 14.1. The number of carbonyl (C=O) groups excluding carboxylic acids is 3. The van der Waals surface area contributed by atoms with Crippen LogP contribution in [0.5, 0.6) is 11.5 Å². The Hall–Kier alpha value is -4.92. The number of alkyl carbamates (subject to hydrolysis) is 1. The Morgan fingerprint density at radius 1 is 1.13 bits per heavy atom. The molecule has 2 aliphatic carbocycles. The average Bonchev–Trinajstić information content (AvgIpc) is 3.55. The van der Waals surface area contributed by atoms with E-state index in [1.807, 2.05) is 18.2 Å². The summed E-state index contributed by atoms with van der Waals surface area (Å²) >= 11 is 1.28. The molecule has 284 valence electrons. The van der Waals surface area contributed by atoms with Gasteiger partial charge in [-0.05, 0) is 64.0 Å². The summed E-state index contributed by atoms with van der Waals surface area (Å²) in [5, 5.41) is 18.5. The van der Waals surface area contributed by atoms with E-state index < -0.39 is 47.6 Å². The number of benzene rings is 1. The minimum atomic E-state index is -1.47. The number of anilines is 1. The first-order valence-electron chi connectivity index (χ1n) is 18.4. The third kappa shape index (κ3) is 8.66. The van der Waals surface area contributed by atoms with Crippen LogP contribution in [0, 0.1) is 5.92 Å². The smallest absolute Gasteiger partial charge is 0.408 e. The first-order valence-corrected chi connectivity index (χ1v) is 19.3. The minimum absolute atomic E-state index is 0.000394. The molecule has 0 spiro atoms. The zero-order valence-electron chi connectivity index (χ0n) is 30.3. The number of thiazole rings is 1. The van der Waals surface area contributed by atoms with Crippen molar-refractivity contribution in [3.05, 3.63) is 41.8 Å². The van der Waals surface area contributed by atoms with Gasteiger partial charge in [0, 0.05) is 35.2 Å². The van der Waals surface area contributed by atoms with Gasteiger partial charge in [-0.3, -0.25) is 9.59 Å². The standard InChI is InChI=1S/C38H48N6O8S/c1-4-5-6-7-8-11-23-19-38(23,35(47)48)43-33(45)31-17-26(20-44(31)34(46)22(2)40-37(49)52-24-12-9-10-13-24)51-32-18-29(30-21-53-36(39)42-30)41-28-16-25(50-3)14-15-27(28)32/h8,11,14-16,18,21-24,26,31H,4-7,9-10,12-13,17,19-20H2,1-3H3,(H2,39,42)(H,40,49)(H,43,45)(H,47,48)/b11-8-/t22-,23?,26+,31-,38+/m0/s1. The Balaban J connectivity index is 1.25. The number of nitrogens with zero attached hydrogens (tertiary/aromatic N) is 3. The summed E-state index contributed by atoms with van der Waals surface area (Å²) in [5.41, 5.74) is 6.10. The number of hydrogen-bond acceptors (Lipinski definition) is 11. The number of carboxylic acids is 1. The van der Waals surface area contributed by atoms with Crippen LogP contribution in [0.3, 0.4) is 0 Å². The fraction of sp³-hybridized carbons (Fsp3) is 0.526. The van der Waals surface area contributed by atoms with E-state index in [1.165, 1.54) is 23.2 Å². The summed E-state index contributed by atoms with van der Waals surface area (Å²) in [6.07, 6.45) is 10.1. The molecule has 0 bridgehead atoms. The van der Waals surface area contributed by atoms with Gasteiger partial charge in [-0.15, -0.1) is 11.3 Å². The molecule has 3 aromatic rings. The molecule has 53 heavy (non-hydrogen) atoms. The quantitative estimate of drug-likeness (QED) is 0.114. The van der Waals surface area contributed by atoms with Crippen molar-refractivity contribution in [2.45, 2.75) is 108 Å². The highest BCUT2D eigenvalue weighted by molar-refractivity contribution is 7.13. The highest BCUT2D eigenvalue weighted by Gasteiger charge is 2.61. The van der Waals surface area contributed by atoms with Gasteiger partial charge in [-0.2, -0.15) is 0 Å². The second kappa shape index (κ2) is 16.4. The number of carboxylic acid groups (broad SMARTS) is 1. The number of fused-ring (bicyclic) bond motifs is 1. The second-order valence-corrected chi connectivity index (χ2v) is 15.0. The predicted octanol–water partition coefficient (Wildman–Crippen LogP) is 5.45. The van der Waals surface area contributed by atoms with Crippen LogP contribution in [0.25, 0.3) is 22.3 Å². The molecule has 3 amide bonds. The molecule has 3 aliphatic rings. The van der Waals surface area contributed by atoms with Gasteiger partial charge in [0.15, 0.2) is 5.13 Å². The predicted molar refractivity (Wildman–Crippen MR) is 200 cm³/mol. The summed E-state index contributed by atoms with van der Waals surface area (Å²) in [5.74, 6) is -1.58. The number of likely N-dealkylation sites (tertiary alicyclic amines) is 1. The Morgan fingerprint density at radius 3 is 2.62 bits per heavy atom. The molecule has 2 saturated carbocycles. The van der Waals surface area contributed by atoms with E-state index in [-0.39, 0.29) is 31.4 Å². The number of methoxy groups -OCH3 is 1. The summed E-state index contributed by atoms with van der Waals surface area (Å²) in [7, 11) is 1.56. The van der Waals surface area contributed by atoms with Crippen molar-refractivity contribution < 1.29 is 38.5 Å². The first-order chi connectivity index (χ1) is 25.5. The number of hydrogen-bond donors (Lipinski definition) is 4. The van der Waals surface area contributed by atoms with Crippen molar-refractivity contribution in [2.24, 2.45) is 5.92 Å². The fourth-order valence-electron chi connectivity index (χ4n) is 7.21. The van der Waals surface area contributed by atoms with E-state index in [2.05, 4.69) is 22.5 Å². The largest absolute Gasteiger partial charge is 0.497 e. The molecule has 14 nitrogen and oxygen atoms in total. The van der Waals surface area contributed by atoms with E-state index in [0.717, 1.165) is 51.4 Å². The number of allylic oxidation sites excluding steroid dienone is 1. The molecule has 0 radical (unpaired) electrons. The van der Waals surface area contributed by atoms with E-state index in [1.54, 1.807) is 30.7 Å². The number of aliphatic carboxylic acids is 1. The number of aromatic nitrogens is 2. The molecule has 1 aliphatic heterocycles. The Bertz CT molecular complexity index is 1860. The molecule has 5 atom stereocenters. The molecular formula is C38H48N6O8S. The zero-order chi connectivity index (χ0) is 37.7. The minimum Gasteiger partial charge on any atom is -0.497 e. The lowest BCUT2D eigenvalue weighted by atomic mass is 10.1. The Labute approximate surface area is 312 Å². The van der Waals surface area contributed by atoms with Crippen LogP contribution >= 0.6 is 11.3 Å². The average molecular weight is 749 g/mol. The number of ether oxygens (including phenoxy) is 3. The molecule has 3 heterocycles. The molecule has 1 saturated heterocycles. The van der Waals surface area contributed by atoms with Crippen molar-refractivity contribution in [2.75, 3.05) is 19.4 Å². The van der Waals surface area contributed by atoms with Crippen LogP contribution in [0.4, 0.5) is 9.93 Å². The number of pyridine rings is 1. The van der Waals surface area contributed by atoms with E-state index in [0.29, 0.717) is 38.9 Å². The highest BCUT2D eigenvalue weighted by atomic mass is 32.1. The van der Waals surface area contributed by atoms with Crippen LogP contribution < -0.4 is 25.8 Å². The first kappa shape index (κ1) is 37.8. The highest BCUT2D eigenvalue weighted by Crippen LogP contribution is 2.45. The molecule has 5 N–H and O–H groups in total. The van der Waals surface area contributed by atoms with E-state index in [9.17, 15) is 24.3 Å². The summed E-state index contributed by atoms with van der Waals surface area (Å²) in [6, 6.07) is 5.02. The van der Waals surface area contributed by atoms with Crippen LogP contribution in [-0.2, 0) is 19.1 Å². The van der Waals surface area contributed by atoms with Gasteiger partial charge in [0.25, 0.3) is 0 Å². The van der Waals surface area contributed by atoms with Gasteiger partial charge >= 0.3 is 12.1 Å². The van der Waals surface area contributed by atoms with Crippen LogP contribution in [0.15, 0.2) is 41.8 Å². The number of amides is 3. The number of nitrogens with one attached hydrogen (secondary N) is 2. The van der Waals surface area contributed by atoms with E-state index in [4.69, 9.17) is 24.9 Å². The number of nitrogens with two attached hydrogens (primary N) is 1. The van der Waals surface area contributed by atoms with Crippen molar-refractivity contribution in [3.8, 4) is 22.9 Å². The molecule has 6 rings (SSSR count). The van der Waals surface area contributed by atoms with Gasteiger partial charge in [-0.25, -0.2) is 19.6 Å². The molecule has 3 fully saturated rings. The lowest BCUT2D eigenvalue weighted by molar-refractivity contribution is -0.145. The lowest BCUT2D eigenvalue weighted by Crippen LogP contribution is -2.56. The molecular weight excluding hydrogens is 701 g/mol. The Morgan fingerprint density at radius 2 is 1.92 bits per heavy atom. The maximum Gasteiger partial charge on any atom is 0.408 e. The van der Waals surface area contributed by atoms with E-state index >= 15 is 0 Å². The molecule has 15 heteroatoms. The van der Waals surface area contributed by atoms with Gasteiger partial charge in [-0.1, -0.05) is 31.9 Å². The summed E-state index contributed by atoms with van der Waals surface area (Å²) in [6.45, 7) is 3.66. The van der Waals surface area contributed by atoms with Crippen molar-refractivity contribution in [1.82, 2.24) is 25.5 Å². The molecule has 1 unspecified atom stereocenters. The number of rotatable bonds is 15. The fourth-order valence-corrected chi connectivity index (χ4v) is 7.77. The summed E-state index contributed by atoms with van der Waals surface area (Å²) < 4.78 is 17.5. The van der Waals surface area contributed by atoms with Crippen LogP contribution in [0.1, 0.15) is 78.1 Å². The normalized spacial score (nSPS) is 23.2. The SMILES string of the molecule is CCCCC/C=C\C1C[C@]1(NC(=O)[C@@H]1C[C@@H](Oc2cc(-c3csc(N)n3)nc3cc(OC)ccc23)CN1C(=O)[C@H](C)NC(=O)OC1CCCC1)C(=O)O. The van der Waals surface area contributed by atoms with Crippen LogP contribution in [-0.4, -0.2) is 87.3 Å². The molecule has 2 aromatic heterocycles. The van der Waals surface area contributed by atoms with Gasteiger partial charge < -0.3 is 40.6 Å². The lowest BCUT2D eigenvalue weighted by Gasteiger charge is -2.28. The van der Waals surface area contributed by atoms with Crippen molar-refractivity contribution in [1.29, 1.82) is 0 Å². The third-order valence-corrected chi connectivity index (χ3v) is 10.9. The maximum atomic E-state index is 14.1. The Kier molecular flexibility index (Phi) is 11.7. The van der Waals surface area contributed by atoms with Crippen molar-refractivity contribution in [3.63, 3.8) is 0 Å². The molecule has 1 aromatic carbocycles. The third-order valence-electron chi connectivity index (χ3n) is 10.3. The monoisotopic (exact) mass is 748 g/mol. The number of nitrogen functional groups attached to an aromatic ring is 1.